The highest BCUT2D eigenvalue weighted by Crippen LogP contribution is 2.04. The van der Waals surface area contributed by atoms with Gasteiger partial charge in [-0.1, -0.05) is 12.1 Å². The largest absolute Gasteiger partial charge is 0.478 e. The Morgan fingerprint density at radius 2 is 2.00 bits per heavy atom. The van der Waals surface area contributed by atoms with Crippen molar-refractivity contribution in [3.63, 3.8) is 0 Å². The summed E-state index contributed by atoms with van der Waals surface area (Å²) in [5.74, 6) is -0.890. The lowest BCUT2D eigenvalue weighted by Gasteiger charge is -2.00. The van der Waals surface area contributed by atoms with Crippen molar-refractivity contribution in [2.75, 3.05) is 13.7 Å². The Labute approximate surface area is 77.0 Å². The standard InChI is InChI=1S/C10H12O3/c1-13-7-6-8-2-4-9(5-3-8)10(11)12/h2-5H,6-7H2,1H3,(H,11,12). The number of carboxylic acid groups (broad SMARTS) is 1. The van der Waals surface area contributed by atoms with E-state index in [9.17, 15) is 4.79 Å². The summed E-state index contributed by atoms with van der Waals surface area (Å²) in [5.41, 5.74) is 1.41. The van der Waals surface area contributed by atoms with Crippen molar-refractivity contribution in [3.05, 3.63) is 35.4 Å². The molecule has 0 amide bonds. The first-order chi connectivity index (χ1) is 6.24. The molecule has 0 unspecified atom stereocenters. The Morgan fingerprint density at radius 3 is 2.46 bits per heavy atom. The second-order valence-corrected chi connectivity index (χ2v) is 2.74. The van der Waals surface area contributed by atoms with E-state index >= 15 is 0 Å². The van der Waals surface area contributed by atoms with E-state index in [1.165, 1.54) is 0 Å². The van der Waals surface area contributed by atoms with Crippen LogP contribution in [0.2, 0.25) is 0 Å². The molecule has 3 nitrogen and oxygen atoms in total. The van der Waals surface area contributed by atoms with Crippen LogP contribution in [0.3, 0.4) is 0 Å². The fraction of sp³-hybridized carbons (Fsp3) is 0.300. The second-order valence-electron chi connectivity index (χ2n) is 2.74. The van der Waals surface area contributed by atoms with E-state index in [4.69, 9.17) is 9.84 Å². The highest BCUT2D eigenvalue weighted by molar-refractivity contribution is 5.87. The van der Waals surface area contributed by atoms with Gasteiger partial charge in [-0.15, -0.1) is 0 Å². The first-order valence-electron chi connectivity index (χ1n) is 4.05. The number of methoxy groups -OCH3 is 1. The molecule has 0 aliphatic carbocycles. The van der Waals surface area contributed by atoms with Gasteiger partial charge in [-0.25, -0.2) is 4.79 Å². The molecule has 3 heteroatoms. The third kappa shape index (κ3) is 2.87. The lowest BCUT2D eigenvalue weighted by atomic mass is 10.1. The Morgan fingerprint density at radius 1 is 1.38 bits per heavy atom. The Balaban J connectivity index is 2.64. The van der Waals surface area contributed by atoms with E-state index in [0.29, 0.717) is 12.2 Å². The van der Waals surface area contributed by atoms with E-state index in [1.807, 2.05) is 12.1 Å². The number of hydrogen-bond acceptors (Lipinski definition) is 2. The van der Waals surface area contributed by atoms with Crippen LogP contribution in [0, 0.1) is 0 Å². The molecule has 1 rings (SSSR count). The summed E-state index contributed by atoms with van der Waals surface area (Å²) in [7, 11) is 1.64. The highest BCUT2D eigenvalue weighted by Gasteiger charge is 2.00. The SMILES string of the molecule is COCCc1ccc(C(=O)O)cc1. The van der Waals surface area contributed by atoms with Crippen molar-refractivity contribution in [1.29, 1.82) is 0 Å². The number of aromatic carboxylic acids is 1. The van der Waals surface area contributed by atoms with Gasteiger partial charge >= 0.3 is 5.97 Å². The second kappa shape index (κ2) is 4.62. The summed E-state index contributed by atoms with van der Waals surface area (Å²) < 4.78 is 4.91. The lowest BCUT2D eigenvalue weighted by Crippen LogP contribution is -1.98. The summed E-state index contributed by atoms with van der Waals surface area (Å²) in [6.45, 7) is 0.659. The minimum absolute atomic E-state index is 0.321. The van der Waals surface area contributed by atoms with Crippen LogP contribution in [0.15, 0.2) is 24.3 Å². The monoisotopic (exact) mass is 180 g/mol. The van der Waals surface area contributed by atoms with Gasteiger partial charge in [0.25, 0.3) is 0 Å². The molecule has 13 heavy (non-hydrogen) atoms. The van der Waals surface area contributed by atoms with Crippen LogP contribution < -0.4 is 0 Å². The molecule has 1 N–H and O–H groups in total. The van der Waals surface area contributed by atoms with Gasteiger partial charge in [0.1, 0.15) is 0 Å². The van der Waals surface area contributed by atoms with Crippen molar-refractivity contribution in [2.45, 2.75) is 6.42 Å². The number of ether oxygens (including phenoxy) is 1. The number of hydrogen-bond donors (Lipinski definition) is 1. The zero-order valence-electron chi connectivity index (χ0n) is 7.49. The van der Waals surface area contributed by atoms with E-state index in [0.717, 1.165) is 12.0 Å². The van der Waals surface area contributed by atoms with Crippen LogP contribution in [-0.2, 0) is 11.2 Å². The molecular weight excluding hydrogens is 168 g/mol. The fourth-order valence-corrected chi connectivity index (χ4v) is 1.03. The van der Waals surface area contributed by atoms with Crippen LogP contribution >= 0.6 is 0 Å². The minimum Gasteiger partial charge on any atom is -0.478 e. The van der Waals surface area contributed by atoms with Crippen molar-refractivity contribution >= 4 is 5.97 Å². The fourth-order valence-electron chi connectivity index (χ4n) is 1.03. The highest BCUT2D eigenvalue weighted by atomic mass is 16.5. The maximum atomic E-state index is 10.5. The Hall–Kier alpha value is -1.35. The molecule has 0 saturated heterocycles. The first-order valence-corrected chi connectivity index (χ1v) is 4.05. The molecule has 0 spiro atoms. The zero-order valence-corrected chi connectivity index (χ0v) is 7.49. The molecule has 0 aromatic heterocycles. The predicted molar refractivity (Wildman–Crippen MR) is 49.0 cm³/mol. The third-order valence-electron chi connectivity index (χ3n) is 1.80. The van der Waals surface area contributed by atoms with Crippen LogP contribution in [0.4, 0.5) is 0 Å². The van der Waals surface area contributed by atoms with Gasteiger partial charge in [0, 0.05) is 7.11 Å². The van der Waals surface area contributed by atoms with Gasteiger partial charge in [-0.05, 0) is 24.1 Å². The van der Waals surface area contributed by atoms with E-state index in [1.54, 1.807) is 19.2 Å². The van der Waals surface area contributed by atoms with Crippen LogP contribution in [0.1, 0.15) is 15.9 Å². The minimum atomic E-state index is -0.890. The third-order valence-corrected chi connectivity index (χ3v) is 1.80. The normalized spacial score (nSPS) is 9.92. The average Bonchev–Trinajstić information content (AvgIpc) is 2.15. The lowest BCUT2D eigenvalue weighted by molar-refractivity contribution is 0.0697. The Bertz CT molecular complexity index is 277. The molecule has 0 aliphatic rings. The molecule has 1 aromatic rings. The van der Waals surface area contributed by atoms with Crippen LogP contribution in [0.5, 0.6) is 0 Å². The average molecular weight is 180 g/mol. The molecular formula is C10H12O3. The molecule has 1 aromatic carbocycles. The van der Waals surface area contributed by atoms with Gasteiger partial charge in [0.2, 0.25) is 0 Å². The van der Waals surface area contributed by atoms with Crippen LogP contribution in [0.25, 0.3) is 0 Å². The number of rotatable bonds is 4. The molecule has 0 radical (unpaired) electrons. The summed E-state index contributed by atoms with van der Waals surface area (Å²) >= 11 is 0. The first kappa shape index (κ1) is 9.74. The molecule has 0 heterocycles. The smallest absolute Gasteiger partial charge is 0.335 e. The molecule has 0 bridgehead atoms. The summed E-state index contributed by atoms with van der Waals surface area (Å²) in [5, 5.41) is 8.63. The maximum absolute atomic E-state index is 10.5. The van der Waals surface area contributed by atoms with E-state index in [-0.39, 0.29) is 0 Å². The number of carbonyl (C=O) groups is 1. The van der Waals surface area contributed by atoms with Gasteiger partial charge in [0.15, 0.2) is 0 Å². The molecule has 0 aliphatic heterocycles. The maximum Gasteiger partial charge on any atom is 0.335 e. The van der Waals surface area contributed by atoms with Gasteiger partial charge in [-0.2, -0.15) is 0 Å². The Kier molecular flexibility index (Phi) is 3.46. The zero-order chi connectivity index (χ0) is 9.68. The van der Waals surface area contributed by atoms with Crippen molar-refractivity contribution < 1.29 is 14.6 Å². The summed E-state index contributed by atoms with van der Waals surface area (Å²) in [4.78, 5) is 10.5. The summed E-state index contributed by atoms with van der Waals surface area (Å²) in [6, 6.07) is 6.82. The topological polar surface area (TPSA) is 46.5 Å². The van der Waals surface area contributed by atoms with Gasteiger partial charge in [-0.3, -0.25) is 0 Å². The van der Waals surface area contributed by atoms with Crippen molar-refractivity contribution in [1.82, 2.24) is 0 Å². The van der Waals surface area contributed by atoms with Gasteiger partial charge in [0.05, 0.1) is 12.2 Å². The van der Waals surface area contributed by atoms with E-state index < -0.39 is 5.97 Å². The van der Waals surface area contributed by atoms with Crippen molar-refractivity contribution in [2.24, 2.45) is 0 Å². The summed E-state index contributed by atoms with van der Waals surface area (Å²) in [6.07, 6.45) is 0.816. The molecule has 0 atom stereocenters. The molecule has 0 fully saturated rings. The number of benzene rings is 1. The van der Waals surface area contributed by atoms with Gasteiger partial charge < -0.3 is 9.84 Å². The predicted octanol–water partition coefficient (Wildman–Crippen LogP) is 1.57. The van der Waals surface area contributed by atoms with Crippen molar-refractivity contribution in [3.8, 4) is 0 Å². The quantitative estimate of drug-likeness (QED) is 0.765. The molecule has 0 saturated carbocycles. The van der Waals surface area contributed by atoms with E-state index in [2.05, 4.69) is 0 Å². The number of carboxylic acids is 1. The van der Waals surface area contributed by atoms with Crippen LogP contribution in [-0.4, -0.2) is 24.8 Å². The molecule has 70 valence electrons.